The van der Waals surface area contributed by atoms with E-state index in [2.05, 4.69) is 0 Å². The maximum Gasteiger partial charge on any atom is 0.185 e. The number of nitriles is 1. The van der Waals surface area contributed by atoms with Gasteiger partial charge in [0.05, 0.1) is 21.3 Å². The van der Waals surface area contributed by atoms with Crippen LogP contribution in [-0.4, -0.2) is 36.0 Å². The summed E-state index contributed by atoms with van der Waals surface area (Å²) in [6, 6.07) is 4.75. The van der Waals surface area contributed by atoms with Crippen molar-refractivity contribution in [2.75, 3.05) is 27.6 Å². The highest BCUT2D eigenvalue weighted by Crippen LogP contribution is 2.35. The molecule has 0 unspecified atom stereocenters. The SMILES string of the molecule is COc1cc(OC)c(OC)cc1C=C(C#N)S(C)(=O)=O. The molecule has 0 aliphatic rings. The smallest absolute Gasteiger partial charge is 0.185 e. The van der Waals surface area contributed by atoms with Gasteiger partial charge in [0.2, 0.25) is 0 Å². The minimum atomic E-state index is -3.60. The molecule has 0 heterocycles. The van der Waals surface area contributed by atoms with Crippen molar-refractivity contribution in [1.82, 2.24) is 0 Å². The van der Waals surface area contributed by atoms with E-state index < -0.39 is 9.84 Å². The van der Waals surface area contributed by atoms with Gasteiger partial charge in [0, 0.05) is 17.9 Å². The minimum Gasteiger partial charge on any atom is -0.496 e. The Balaban J connectivity index is 3.53. The molecule has 0 aromatic heterocycles. The molecule has 0 saturated heterocycles. The fourth-order valence-electron chi connectivity index (χ4n) is 1.53. The average molecular weight is 297 g/mol. The van der Waals surface area contributed by atoms with Gasteiger partial charge in [0.15, 0.2) is 21.3 Å². The van der Waals surface area contributed by atoms with Gasteiger partial charge in [0.25, 0.3) is 0 Å². The summed E-state index contributed by atoms with van der Waals surface area (Å²) in [4.78, 5) is -0.358. The third-order valence-electron chi connectivity index (χ3n) is 2.53. The third kappa shape index (κ3) is 3.42. The molecule has 1 rings (SSSR count). The van der Waals surface area contributed by atoms with Crippen LogP contribution in [0.25, 0.3) is 6.08 Å². The van der Waals surface area contributed by atoms with Crippen LogP contribution in [-0.2, 0) is 9.84 Å². The van der Waals surface area contributed by atoms with Crippen LogP contribution < -0.4 is 14.2 Å². The highest BCUT2D eigenvalue weighted by Gasteiger charge is 2.15. The molecule has 0 radical (unpaired) electrons. The van der Waals surface area contributed by atoms with Crippen LogP contribution in [0.5, 0.6) is 17.2 Å². The molecule has 0 atom stereocenters. The first-order valence-corrected chi connectivity index (χ1v) is 7.38. The second-order valence-electron chi connectivity index (χ2n) is 3.84. The Morgan fingerprint density at radius 2 is 1.60 bits per heavy atom. The largest absolute Gasteiger partial charge is 0.496 e. The average Bonchev–Trinajstić information content (AvgIpc) is 2.42. The number of hydrogen-bond donors (Lipinski definition) is 0. The summed E-state index contributed by atoms with van der Waals surface area (Å²) < 4.78 is 38.3. The summed E-state index contributed by atoms with van der Waals surface area (Å²) in [5.74, 6) is 1.23. The maximum atomic E-state index is 11.5. The van der Waals surface area contributed by atoms with E-state index in [0.29, 0.717) is 22.8 Å². The monoisotopic (exact) mass is 297 g/mol. The van der Waals surface area contributed by atoms with Crippen molar-refractivity contribution in [3.8, 4) is 23.3 Å². The molecule has 0 fully saturated rings. The van der Waals surface area contributed by atoms with E-state index in [1.54, 1.807) is 18.2 Å². The zero-order valence-corrected chi connectivity index (χ0v) is 12.4. The molecule has 6 nitrogen and oxygen atoms in total. The minimum absolute atomic E-state index is 0.358. The first kappa shape index (κ1) is 15.9. The lowest BCUT2D eigenvalue weighted by atomic mass is 10.1. The summed E-state index contributed by atoms with van der Waals surface area (Å²) >= 11 is 0. The van der Waals surface area contributed by atoms with E-state index in [-0.39, 0.29) is 4.91 Å². The highest BCUT2D eigenvalue weighted by molar-refractivity contribution is 7.95. The van der Waals surface area contributed by atoms with Crippen LogP contribution in [0.1, 0.15) is 5.56 Å². The lowest BCUT2D eigenvalue weighted by Crippen LogP contribution is -2.00. The number of allylic oxidation sites excluding steroid dienone is 1. The lowest BCUT2D eigenvalue weighted by molar-refractivity contribution is 0.348. The Hall–Kier alpha value is -2.20. The number of benzene rings is 1. The molecule has 0 amide bonds. The fraction of sp³-hybridized carbons (Fsp3) is 0.308. The summed E-state index contributed by atoms with van der Waals surface area (Å²) in [5, 5.41) is 8.92. The van der Waals surface area contributed by atoms with Gasteiger partial charge in [-0.05, 0) is 12.1 Å². The fourth-order valence-corrected chi connectivity index (χ4v) is 2.04. The topological polar surface area (TPSA) is 85.6 Å². The van der Waals surface area contributed by atoms with Crippen LogP contribution in [0.3, 0.4) is 0 Å². The standard InChI is InChI=1S/C13H15NO5S/c1-17-11-7-13(19-3)12(18-2)6-9(11)5-10(8-14)20(4,15)16/h5-7H,1-4H3. The quantitative estimate of drug-likeness (QED) is 0.768. The van der Waals surface area contributed by atoms with Gasteiger partial charge < -0.3 is 14.2 Å². The molecule has 0 aliphatic carbocycles. The number of rotatable bonds is 5. The van der Waals surface area contributed by atoms with Crippen LogP contribution >= 0.6 is 0 Å². The van der Waals surface area contributed by atoms with Gasteiger partial charge in [-0.15, -0.1) is 0 Å². The summed E-state index contributed by atoms with van der Waals surface area (Å²) in [6.45, 7) is 0. The van der Waals surface area contributed by atoms with Crippen molar-refractivity contribution < 1.29 is 22.6 Å². The van der Waals surface area contributed by atoms with Gasteiger partial charge in [-0.3, -0.25) is 0 Å². The van der Waals surface area contributed by atoms with Crippen LogP contribution in [0, 0.1) is 11.3 Å². The van der Waals surface area contributed by atoms with E-state index in [1.165, 1.54) is 27.4 Å². The lowest BCUT2D eigenvalue weighted by Gasteiger charge is -2.12. The second-order valence-corrected chi connectivity index (χ2v) is 5.83. The van der Waals surface area contributed by atoms with Crippen molar-refractivity contribution in [2.45, 2.75) is 0 Å². The molecule has 0 aliphatic heterocycles. The van der Waals surface area contributed by atoms with Gasteiger partial charge in [0.1, 0.15) is 16.7 Å². The zero-order chi connectivity index (χ0) is 15.3. The van der Waals surface area contributed by atoms with Gasteiger partial charge in [-0.25, -0.2) is 8.42 Å². The van der Waals surface area contributed by atoms with Crippen molar-refractivity contribution in [2.24, 2.45) is 0 Å². The summed E-state index contributed by atoms with van der Waals surface area (Å²) in [6.07, 6.45) is 2.20. The van der Waals surface area contributed by atoms with Crippen LogP contribution in [0.2, 0.25) is 0 Å². The van der Waals surface area contributed by atoms with E-state index in [1.807, 2.05) is 0 Å². The predicted molar refractivity (Wildman–Crippen MR) is 74.5 cm³/mol. The van der Waals surface area contributed by atoms with Gasteiger partial charge in [-0.2, -0.15) is 5.26 Å². The molecule has 7 heteroatoms. The maximum absolute atomic E-state index is 11.5. The molecule has 0 saturated carbocycles. The Bertz CT molecular complexity index is 671. The zero-order valence-electron chi connectivity index (χ0n) is 11.6. The van der Waals surface area contributed by atoms with E-state index in [4.69, 9.17) is 19.5 Å². The van der Waals surface area contributed by atoms with Crippen molar-refractivity contribution in [3.63, 3.8) is 0 Å². The van der Waals surface area contributed by atoms with Crippen molar-refractivity contribution >= 4 is 15.9 Å². The van der Waals surface area contributed by atoms with E-state index in [9.17, 15) is 8.42 Å². The Kier molecular flexibility index (Phi) is 5.00. The van der Waals surface area contributed by atoms with E-state index >= 15 is 0 Å². The molecular formula is C13H15NO5S. The Morgan fingerprint density at radius 1 is 1.10 bits per heavy atom. The normalized spacial score (nSPS) is 11.7. The highest BCUT2D eigenvalue weighted by atomic mass is 32.2. The van der Waals surface area contributed by atoms with Crippen LogP contribution in [0.15, 0.2) is 17.0 Å². The molecule has 1 aromatic carbocycles. The number of sulfone groups is 1. The Labute approximate surface area is 118 Å². The molecule has 1 aromatic rings. The third-order valence-corrected chi connectivity index (χ3v) is 3.54. The van der Waals surface area contributed by atoms with Crippen molar-refractivity contribution in [3.05, 3.63) is 22.6 Å². The predicted octanol–water partition coefficient (Wildman–Crippen LogP) is 1.62. The number of methoxy groups -OCH3 is 3. The molecule has 0 spiro atoms. The first-order valence-electron chi connectivity index (χ1n) is 5.49. The van der Waals surface area contributed by atoms with Gasteiger partial charge >= 0.3 is 0 Å². The van der Waals surface area contributed by atoms with Crippen molar-refractivity contribution in [1.29, 1.82) is 5.26 Å². The summed E-state index contributed by atoms with van der Waals surface area (Å²) in [5.41, 5.74) is 0.409. The second kappa shape index (κ2) is 6.30. The number of hydrogen-bond acceptors (Lipinski definition) is 6. The number of nitrogens with zero attached hydrogens (tertiary/aromatic N) is 1. The summed E-state index contributed by atoms with van der Waals surface area (Å²) in [7, 11) is 0.769. The number of ether oxygens (including phenoxy) is 3. The first-order chi connectivity index (χ1) is 9.37. The Morgan fingerprint density at radius 3 is 2.00 bits per heavy atom. The molecule has 108 valence electrons. The van der Waals surface area contributed by atoms with Gasteiger partial charge in [-0.1, -0.05) is 0 Å². The molecule has 0 N–H and O–H groups in total. The molecule has 20 heavy (non-hydrogen) atoms. The molecular weight excluding hydrogens is 282 g/mol. The molecule has 0 bridgehead atoms. The van der Waals surface area contributed by atoms with Crippen LogP contribution in [0.4, 0.5) is 0 Å². The van der Waals surface area contributed by atoms with E-state index in [0.717, 1.165) is 6.26 Å².